The molecule has 406 valence electrons. The average molecular weight is 1260 g/mol. The van der Waals surface area contributed by atoms with Crippen LogP contribution < -0.4 is 14.5 Å². The van der Waals surface area contributed by atoms with E-state index in [4.69, 9.17) is 9.72 Å². The summed E-state index contributed by atoms with van der Waals surface area (Å²) in [5.74, 6) is 1.90. The molecule has 11 aromatic carbocycles. The van der Waals surface area contributed by atoms with Crippen LogP contribution in [0.15, 0.2) is 279 Å². The first kappa shape index (κ1) is 51.0. The Kier molecular flexibility index (Phi) is 12.5. The van der Waals surface area contributed by atoms with Gasteiger partial charge in [-0.25, -0.2) is 0 Å². The Morgan fingerprint density at radius 1 is 0.429 bits per heavy atom. The Morgan fingerprint density at radius 2 is 0.976 bits per heavy atom. The molecule has 15 rings (SSSR count). The summed E-state index contributed by atoms with van der Waals surface area (Å²) in [7, 11) is 0. The number of imidazole rings is 1. The predicted octanol–water partition coefficient (Wildman–Crippen LogP) is 19.5. The molecule has 84 heavy (non-hydrogen) atoms. The molecule has 0 radical (unpaired) electrons. The number of ether oxygens (including phenoxy) is 1. The Morgan fingerprint density at radius 3 is 1.62 bits per heavy atom. The fourth-order valence-corrected chi connectivity index (χ4v) is 13.9. The summed E-state index contributed by atoms with van der Waals surface area (Å²) >= 11 is 2.50. The first-order chi connectivity index (χ1) is 41.2. The summed E-state index contributed by atoms with van der Waals surface area (Å²) in [5.41, 5.74) is 20.7. The molecule has 0 aliphatic carbocycles. The SMILES string of the molecule is CC(C)(C)c1ccnc(N2c3[c-]c(Oc4[c-]c(-n5[c](=[Pt])n(-c6c(-c7ccccc7)cccc6-c6ccccc6)c6ccccc65)ccc4)ccc3C3(c4cc(-c5ccccc5)ccc42)c2ccccc2N(c2ccccc2)c2ccccc23)c1. The van der Waals surface area contributed by atoms with E-state index in [1.807, 2.05) is 12.3 Å². The molecule has 2 aliphatic rings. The molecule has 0 fully saturated rings. The predicted molar refractivity (Wildman–Crippen MR) is 338 cm³/mol. The van der Waals surface area contributed by atoms with Crippen molar-refractivity contribution in [3.05, 3.63) is 323 Å². The van der Waals surface area contributed by atoms with Gasteiger partial charge in [0.15, 0.2) is 0 Å². The summed E-state index contributed by atoms with van der Waals surface area (Å²) < 4.78 is 12.8. The van der Waals surface area contributed by atoms with Crippen molar-refractivity contribution < 1.29 is 24.1 Å². The minimum atomic E-state index is -0.839. The molecule has 0 unspecified atom stereocenters. The van der Waals surface area contributed by atoms with Gasteiger partial charge in [-0.2, -0.15) is 0 Å². The number of hydrogen-bond donors (Lipinski definition) is 0. The zero-order chi connectivity index (χ0) is 56.5. The molecule has 0 bridgehead atoms. The number of aromatic nitrogens is 3. The van der Waals surface area contributed by atoms with Crippen LogP contribution in [-0.2, 0) is 30.2 Å². The molecule has 0 saturated carbocycles. The van der Waals surface area contributed by atoms with Crippen molar-refractivity contribution in [2.45, 2.75) is 31.6 Å². The van der Waals surface area contributed by atoms with Crippen molar-refractivity contribution in [3.63, 3.8) is 0 Å². The Bertz CT molecular complexity index is 4610. The molecule has 0 amide bonds. The van der Waals surface area contributed by atoms with Crippen molar-refractivity contribution in [2.75, 3.05) is 9.80 Å². The van der Waals surface area contributed by atoms with Gasteiger partial charge in [0, 0.05) is 23.3 Å². The van der Waals surface area contributed by atoms with Crippen LogP contribution in [0.3, 0.4) is 0 Å². The zero-order valence-corrected chi connectivity index (χ0v) is 48.8. The molecule has 7 heteroatoms. The quantitative estimate of drug-likeness (QED) is 0.135. The molecule has 0 saturated heterocycles. The normalized spacial score (nSPS) is 13.1. The number of pyridine rings is 1. The third-order valence-corrected chi connectivity index (χ3v) is 17.6. The van der Waals surface area contributed by atoms with Crippen LogP contribution >= 0.6 is 0 Å². The summed E-state index contributed by atoms with van der Waals surface area (Å²) in [4.78, 5) is 9.96. The van der Waals surface area contributed by atoms with E-state index in [0.717, 1.165) is 116 Å². The van der Waals surface area contributed by atoms with Crippen molar-refractivity contribution >= 4 is 45.3 Å². The van der Waals surface area contributed by atoms with Gasteiger partial charge >= 0.3 is 306 Å². The van der Waals surface area contributed by atoms with Gasteiger partial charge in [0.2, 0.25) is 0 Å². The third-order valence-electron chi connectivity index (χ3n) is 16.6. The van der Waals surface area contributed by atoms with Gasteiger partial charge in [0.1, 0.15) is 0 Å². The second-order valence-corrected chi connectivity index (χ2v) is 23.5. The molecular formula is C77H55N5OPt-2. The number of hydrogen-bond acceptors (Lipinski definition) is 4. The summed E-state index contributed by atoms with van der Waals surface area (Å²) in [5, 5.41) is 0. The number of anilines is 6. The number of rotatable bonds is 9. The van der Waals surface area contributed by atoms with Crippen LogP contribution in [0.1, 0.15) is 48.6 Å². The minimum absolute atomic E-state index is 0.146. The number of benzene rings is 11. The van der Waals surface area contributed by atoms with E-state index in [9.17, 15) is 0 Å². The minimum Gasteiger partial charge on any atom is -0.310 e. The molecule has 13 aromatic rings. The summed E-state index contributed by atoms with van der Waals surface area (Å²) in [6.07, 6.45) is 1.94. The molecule has 1 spiro atoms. The van der Waals surface area contributed by atoms with Crippen LogP contribution in [0.4, 0.5) is 34.3 Å². The van der Waals surface area contributed by atoms with Gasteiger partial charge in [-0.15, -0.1) is 0 Å². The summed E-state index contributed by atoms with van der Waals surface area (Å²) in [6, 6.07) is 105. The van der Waals surface area contributed by atoms with Gasteiger partial charge in [-0.1, -0.05) is 112 Å². The van der Waals surface area contributed by atoms with E-state index in [-0.39, 0.29) is 5.41 Å². The first-order valence-electron chi connectivity index (χ1n) is 28.4. The molecule has 4 heterocycles. The van der Waals surface area contributed by atoms with E-state index >= 15 is 0 Å². The topological polar surface area (TPSA) is 38.5 Å². The Hall–Kier alpha value is -9.87. The fourth-order valence-electron chi connectivity index (χ4n) is 12.8. The van der Waals surface area contributed by atoms with E-state index in [2.05, 4.69) is 338 Å². The van der Waals surface area contributed by atoms with Crippen molar-refractivity contribution in [2.24, 2.45) is 0 Å². The van der Waals surface area contributed by atoms with Crippen LogP contribution in [0.5, 0.6) is 11.5 Å². The van der Waals surface area contributed by atoms with E-state index < -0.39 is 5.41 Å². The van der Waals surface area contributed by atoms with Gasteiger partial charge in [0.25, 0.3) is 0 Å². The monoisotopic (exact) mass is 1260 g/mol. The van der Waals surface area contributed by atoms with Crippen molar-refractivity contribution in [3.8, 4) is 56.3 Å². The number of para-hydroxylation sites is 6. The first-order valence-corrected chi connectivity index (χ1v) is 29.6. The fraction of sp³-hybridized carbons (Fsp3) is 0.0649. The van der Waals surface area contributed by atoms with E-state index in [1.165, 1.54) is 5.56 Å². The van der Waals surface area contributed by atoms with Crippen LogP contribution in [0, 0.1) is 15.9 Å². The molecule has 6 nitrogen and oxygen atoms in total. The second-order valence-electron chi connectivity index (χ2n) is 22.5. The van der Waals surface area contributed by atoms with Crippen LogP contribution in [0.25, 0.3) is 55.8 Å². The van der Waals surface area contributed by atoms with Gasteiger partial charge in [-0.05, 0) is 58.5 Å². The summed E-state index contributed by atoms with van der Waals surface area (Å²) in [6.45, 7) is 6.77. The van der Waals surface area contributed by atoms with Crippen molar-refractivity contribution in [1.82, 2.24) is 14.1 Å². The standard InChI is InChI=1S/C77H55N5O.Pt/c1-76(2,3)57-46-47-78-74(49-57)82-70-45-42-56(53-24-8-4-9-25-53)48-67(70)77(64-36-16-18-38-68(64)81(58-30-14-7-15-31-58)69-39-19-17-37-65(69)77)66-44-43-61(51-73(66)82)83-60-33-22-32-59(50-60)79-52-80(72-41-21-20-40-71(72)79)75-62(54-26-10-5-11-27-54)34-23-35-63(75)55-28-12-6-13-29-55;/h4-49H,1-3H3;/q-2;. The van der Waals surface area contributed by atoms with Crippen LogP contribution in [-0.4, -0.2) is 14.1 Å². The number of fused-ring (bicyclic) bond motifs is 9. The molecule has 2 aliphatic heterocycles. The molecule has 0 atom stereocenters. The van der Waals surface area contributed by atoms with E-state index in [1.54, 1.807) is 0 Å². The van der Waals surface area contributed by atoms with Gasteiger partial charge < -0.3 is 4.90 Å². The molecular weight excluding hydrogens is 1210 g/mol. The van der Waals surface area contributed by atoms with Crippen molar-refractivity contribution in [1.29, 1.82) is 0 Å². The van der Waals surface area contributed by atoms with Gasteiger partial charge in [-0.3, -0.25) is 0 Å². The van der Waals surface area contributed by atoms with Crippen LogP contribution in [0.2, 0.25) is 0 Å². The Balaban J connectivity index is 0.934. The third kappa shape index (κ3) is 8.34. The van der Waals surface area contributed by atoms with E-state index in [0.29, 0.717) is 11.5 Å². The second kappa shape index (κ2) is 20.5. The van der Waals surface area contributed by atoms with Gasteiger partial charge in [0.05, 0.1) is 0 Å². The number of nitrogens with zero attached hydrogens (tertiary/aromatic N) is 5. The zero-order valence-electron chi connectivity index (χ0n) is 46.5. The molecule has 2 aromatic heterocycles. The maximum absolute atomic E-state index is 7.13. The Labute approximate surface area is 500 Å². The average Bonchev–Trinajstić information content (AvgIpc) is 0.822. The maximum atomic E-state index is 7.13. The smallest absolute Gasteiger partial charge is 0.310 e. The molecule has 0 N–H and O–H groups in total.